The van der Waals surface area contributed by atoms with Crippen LogP contribution in [0.4, 0.5) is 0 Å². The lowest BCUT2D eigenvalue weighted by atomic mass is 9.80. The van der Waals surface area contributed by atoms with Gasteiger partial charge in [-0.1, -0.05) is 19.8 Å². The fraction of sp³-hybridized carbons (Fsp3) is 0.923. The van der Waals surface area contributed by atoms with Crippen LogP contribution in [-0.2, 0) is 9.53 Å². The van der Waals surface area contributed by atoms with Crippen molar-refractivity contribution >= 4 is 5.97 Å². The lowest BCUT2D eigenvalue weighted by molar-refractivity contribution is -0.141. The number of hydrogen-bond acceptors (Lipinski definition) is 3. The predicted molar refractivity (Wildman–Crippen MR) is 65.2 cm³/mol. The molecule has 3 heteroatoms. The van der Waals surface area contributed by atoms with E-state index in [2.05, 4.69) is 12.2 Å². The van der Waals surface area contributed by atoms with Crippen LogP contribution in [0.15, 0.2) is 0 Å². The summed E-state index contributed by atoms with van der Waals surface area (Å²) >= 11 is 0. The number of hydrogen-bond donors (Lipinski definition) is 1. The highest BCUT2D eigenvalue weighted by Gasteiger charge is 2.20. The Hall–Kier alpha value is -0.570. The standard InChI is InChI=1S/C13H25NO2/c1-3-14-10-13-6-4-12(5-7-13)8-9-16-11(2)15/h12-14H,3-10H2,1-2H3. The molecule has 0 bridgehead atoms. The van der Waals surface area contributed by atoms with Gasteiger partial charge in [-0.2, -0.15) is 0 Å². The van der Waals surface area contributed by atoms with Gasteiger partial charge in [-0.25, -0.2) is 0 Å². The number of carbonyl (C=O) groups is 1. The highest BCUT2D eigenvalue weighted by atomic mass is 16.5. The minimum atomic E-state index is -0.152. The van der Waals surface area contributed by atoms with Crippen molar-refractivity contribution in [1.29, 1.82) is 0 Å². The Bertz CT molecular complexity index is 198. The molecule has 0 saturated heterocycles. The van der Waals surface area contributed by atoms with Crippen LogP contribution in [0.3, 0.4) is 0 Å². The Balaban J connectivity index is 2.05. The van der Waals surface area contributed by atoms with Crippen molar-refractivity contribution in [2.75, 3.05) is 19.7 Å². The summed E-state index contributed by atoms with van der Waals surface area (Å²) in [6, 6.07) is 0. The molecule has 0 aliphatic heterocycles. The fourth-order valence-electron chi connectivity index (χ4n) is 2.44. The number of esters is 1. The Kier molecular flexibility index (Phi) is 6.46. The SMILES string of the molecule is CCNCC1CCC(CCOC(C)=O)CC1. The molecule has 0 heterocycles. The Morgan fingerprint density at radius 1 is 1.25 bits per heavy atom. The van der Waals surface area contributed by atoms with Crippen LogP contribution in [0.25, 0.3) is 0 Å². The van der Waals surface area contributed by atoms with Gasteiger partial charge in [-0.05, 0) is 44.2 Å². The van der Waals surface area contributed by atoms with Gasteiger partial charge in [0, 0.05) is 6.92 Å². The second-order valence-electron chi connectivity index (χ2n) is 4.82. The Morgan fingerprint density at radius 2 is 1.88 bits per heavy atom. The molecule has 94 valence electrons. The maximum absolute atomic E-state index is 10.6. The zero-order valence-corrected chi connectivity index (χ0v) is 10.6. The maximum atomic E-state index is 10.6. The molecule has 0 aromatic rings. The van der Waals surface area contributed by atoms with Crippen molar-refractivity contribution in [3.63, 3.8) is 0 Å². The minimum absolute atomic E-state index is 0.152. The van der Waals surface area contributed by atoms with E-state index in [1.165, 1.54) is 39.2 Å². The van der Waals surface area contributed by atoms with Crippen LogP contribution in [0.2, 0.25) is 0 Å². The van der Waals surface area contributed by atoms with Gasteiger partial charge < -0.3 is 10.1 Å². The molecule has 1 N–H and O–H groups in total. The lowest BCUT2D eigenvalue weighted by Gasteiger charge is -2.28. The van der Waals surface area contributed by atoms with Crippen LogP contribution in [0.1, 0.15) is 46.0 Å². The van der Waals surface area contributed by atoms with E-state index < -0.39 is 0 Å². The summed E-state index contributed by atoms with van der Waals surface area (Å²) < 4.78 is 4.99. The van der Waals surface area contributed by atoms with Crippen molar-refractivity contribution in [3.8, 4) is 0 Å². The molecule has 1 rings (SSSR count). The number of rotatable bonds is 6. The molecular weight excluding hydrogens is 202 g/mol. The van der Waals surface area contributed by atoms with Crippen LogP contribution in [-0.4, -0.2) is 25.7 Å². The van der Waals surface area contributed by atoms with Gasteiger partial charge in [0.2, 0.25) is 0 Å². The summed E-state index contributed by atoms with van der Waals surface area (Å²) in [6.07, 6.45) is 6.32. The molecule has 0 radical (unpaired) electrons. The van der Waals surface area contributed by atoms with Gasteiger partial charge >= 0.3 is 5.97 Å². The predicted octanol–water partition coefficient (Wildman–Crippen LogP) is 2.36. The molecule has 0 aromatic heterocycles. The second-order valence-corrected chi connectivity index (χ2v) is 4.82. The average molecular weight is 227 g/mol. The first-order valence-corrected chi connectivity index (χ1v) is 6.56. The van der Waals surface area contributed by atoms with E-state index >= 15 is 0 Å². The minimum Gasteiger partial charge on any atom is -0.466 e. The van der Waals surface area contributed by atoms with Crippen LogP contribution < -0.4 is 5.32 Å². The molecule has 1 saturated carbocycles. The van der Waals surface area contributed by atoms with Crippen molar-refractivity contribution < 1.29 is 9.53 Å². The molecule has 1 aliphatic carbocycles. The van der Waals surface area contributed by atoms with Crippen LogP contribution in [0, 0.1) is 11.8 Å². The molecule has 16 heavy (non-hydrogen) atoms. The Labute approximate surface area is 98.9 Å². The highest BCUT2D eigenvalue weighted by molar-refractivity contribution is 5.65. The van der Waals surface area contributed by atoms with Gasteiger partial charge in [-0.3, -0.25) is 4.79 Å². The molecule has 3 nitrogen and oxygen atoms in total. The first-order valence-electron chi connectivity index (χ1n) is 6.56. The van der Waals surface area contributed by atoms with E-state index in [1.807, 2.05) is 0 Å². The van der Waals surface area contributed by atoms with Crippen LogP contribution >= 0.6 is 0 Å². The average Bonchev–Trinajstić information content (AvgIpc) is 2.27. The molecule has 0 unspecified atom stereocenters. The summed E-state index contributed by atoms with van der Waals surface area (Å²) in [4.78, 5) is 10.6. The molecule has 0 atom stereocenters. The lowest BCUT2D eigenvalue weighted by Crippen LogP contribution is -2.26. The largest absolute Gasteiger partial charge is 0.466 e. The summed E-state index contributed by atoms with van der Waals surface area (Å²) in [5.41, 5.74) is 0. The van der Waals surface area contributed by atoms with E-state index in [0.29, 0.717) is 6.61 Å². The summed E-state index contributed by atoms with van der Waals surface area (Å²) in [7, 11) is 0. The number of ether oxygens (including phenoxy) is 1. The zero-order valence-electron chi connectivity index (χ0n) is 10.6. The third kappa shape index (κ3) is 5.50. The normalized spacial score (nSPS) is 25.4. The van der Waals surface area contributed by atoms with Gasteiger partial charge in [-0.15, -0.1) is 0 Å². The van der Waals surface area contributed by atoms with Crippen LogP contribution in [0.5, 0.6) is 0 Å². The first-order chi connectivity index (χ1) is 7.72. The van der Waals surface area contributed by atoms with E-state index in [0.717, 1.165) is 24.8 Å². The van der Waals surface area contributed by atoms with E-state index in [1.54, 1.807) is 0 Å². The number of nitrogens with one attached hydrogen (secondary N) is 1. The second kappa shape index (κ2) is 7.66. The molecule has 1 fully saturated rings. The third-order valence-corrected chi connectivity index (χ3v) is 3.48. The first kappa shape index (κ1) is 13.5. The molecule has 0 aromatic carbocycles. The van der Waals surface area contributed by atoms with Crippen molar-refractivity contribution in [2.24, 2.45) is 11.8 Å². The quantitative estimate of drug-likeness (QED) is 0.708. The van der Waals surface area contributed by atoms with Gasteiger partial charge in [0.05, 0.1) is 6.61 Å². The topological polar surface area (TPSA) is 38.3 Å². The monoisotopic (exact) mass is 227 g/mol. The molecule has 1 aliphatic rings. The molecular formula is C13H25NO2. The van der Waals surface area contributed by atoms with Gasteiger partial charge in [0.1, 0.15) is 0 Å². The summed E-state index contributed by atoms with van der Waals surface area (Å²) in [6.45, 7) is 6.50. The fourth-order valence-corrected chi connectivity index (χ4v) is 2.44. The summed E-state index contributed by atoms with van der Waals surface area (Å²) in [5, 5.41) is 3.42. The van der Waals surface area contributed by atoms with Gasteiger partial charge in [0.25, 0.3) is 0 Å². The van der Waals surface area contributed by atoms with E-state index in [4.69, 9.17) is 4.74 Å². The molecule has 0 spiro atoms. The van der Waals surface area contributed by atoms with E-state index in [-0.39, 0.29) is 5.97 Å². The van der Waals surface area contributed by atoms with Gasteiger partial charge in [0.15, 0.2) is 0 Å². The van der Waals surface area contributed by atoms with Crippen molar-refractivity contribution in [1.82, 2.24) is 5.32 Å². The van der Waals surface area contributed by atoms with E-state index in [9.17, 15) is 4.79 Å². The smallest absolute Gasteiger partial charge is 0.302 e. The van der Waals surface area contributed by atoms with Crippen molar-refractivity contribution in [2.45, 2.75) is 46.0 Å². The zero-order chi connectivity index (χ0) is 11.8. The third-order valence-electron chi connectivity index (χ3n) is 3.48. The summed E-state index contributed by atoms with van der Waals surface area (Å²) in [5.74, 6) is 1.49. The Morgan fingerprint density at radius 3 is 2.44 bits per heavy atom. The molecule has 0 amide bonds. The number of carbonyl (C=O) groups excluding carboxylic acids is 1. The van der Waals surface area contributed by atoms with Crippen molar-refractivity contribution in [3.05, 3.63) is 0 Å². The maximum Gasteiger partial charge on any atom is 0.302 e. The highest BCUT2D eigenvalue weighted by Crippen LogP contribution is 2.30.